The Balaban J connectivity index is 2.03. The van der Waals surface area contributed by atoms with Crippen LogP contribution >= 0.6 is 0 Å². The number of rotatable bonds is 5. The zero-order valence-corrected chi connectivity index (χ0v) is 12.6. The van der Waals surface area contributed by atoms with Gasteiger partial charge in [-0.15, -0.1) is 0 Å². The molecule has 0 unspecified atom stereocenters. The normalized spacial score (nSPS) is 11.5. The van der Waals surface area contributed by atoms with Crippen LogP contribution in [0.1, 0.15) is 12.5 Å². The number of benzene rings is 2. The summed E-state index contributed by atoms with van der Waals surface area (Å²) in [6, 6.07) is 14.7. The van der Waals surface area contributed by atoms with Gasteiger partial charge in [0.2, 0.25) is 5.91 Å². The highest BCUT2D eigenvalue weighted by atomic mass is 16.2. The van der Waals surface area contributed by atoms with Crippen LogP contribution in [-0.4, -0.2) is 24.4 Å². The molecule has 0 aliphatic carbocycles. The van der Waals surface area contributed by atoms with Gasteiger partial charge in [-0.3, -0.25) is 4.79 Å². The van der Waals surface area contributed by atoms with Gasteiger partial charge >= 0.3 is 0 Å². The second-order valence-corrected chi connectivity index (χ2v) is 5.03. The largest absolute Gasteiger partial charge is 0.342 e. The molecule has 1 amide bonds. The summed E-state index contributed by atoms with van der Waals surface area (Å²) in [5.41, 5.74) is 1.28. The highest BCUT2D eigenvalue weighted by Crippen LogP contribution is 2.18. The third kappa shape index (κ3) is 4.06. The fraction of sp³-hybridized carbons (Fsp3) is 0.211. The second-order valence-electron chi connectivity index (χ2n) is 5.03. The van der Waals surface area contributed by atoms with E-state index in [9.17, 15) is 4.79 Å². The van der Waals surface area contributed by atoms with Crippen LogP contribution in [0.5, 0.6) is 0 Å². The molecular formula is C19H21NO. The first-order valence-corrected chi connectivity index (χ1v) is 7.23. The van der Waals surface area contributed by atoms with Crippen molar-refractivity contribution in [3.05, 3.63) is 72.3 Å². The van der Waals surface area contributed by atoms with Crippen molar-refractivity contribution in [2.75, 3.05) is 13.6 Å². The molecule has 0 radical (unpaired) electrons. The van der Waals surface area contributed by atoms with E-state index in [1.54, 1.807) is 17.1 Å². The monoisotopic (exact) mass is 279 g/mol. The van der Waals surface area contributed by atoms with Crippen LogP contribution in [0.4, 0.5) is 0 Å². The van der Waals surface area contributed by atoms with Crippen LogP contribution in [0.2, 0.25) is 0 Å². The fourth-order valence-corrected chi connectivity index (χ4v) is 2.29. The number of amides is 1. The van der Waals surface area contributed by atoms with Gasteiger partial charge in [0.25, 0.3) is 0 Å². The van der Waals surface area contributed by atoms with E-state index in [4.69, 9.17) is 0 Å². The van der Waals surface area contributed by atoms with Crippen LogP contribution in [0.25, 0.3) is 10.8 Å². The molecule has 2 nitrogen and oxygen atoms in total. The summed E-state index contributed by atoms with van der Waals surface area (Å²) >= 11 is 0. The summed E-state index contributed by atoms with van der Waals surface area (Å²) in [6.45, 7) is 2.64. The summed E-state index contributed by atoms with van der Waals surface area (Å²) in [4.78, 5) is 13.7. The van der Waals surface area contributed by atoms with Crippen molar-refractivity contribution in [1.29, 1.82) is 0 Å². The van der Waals surface area contributed by atoms with Crippen LogP contribution < -0.4 is 0 Å². The molecule has 0 bridgehead atoms. The molecular weight excluding hydrogens is 258 g/mol. The minimum absolute atomic E-state index is 0.0355. The first kappa shape index (κ1) is 15.0. The van der Waals surface area contributed by atoms with E-state index in [0.717, 1.165) is 6.42 Å². The molecule has 0 saturated carbocycles. The SMILES string of the molecule is C/C=C/C=CC(=O)N(C)CCc1cccc2ccccc12. The molecule has 0 spiro atoms. The van der Waals surface area contributed by atoms with E-state index in [2.05, 4.69) is 36.4 Å². The van der Waals surface area contributed by atoms with Crippen molar-refractivity contribution in [3.8, 4) is 0 Å². The summed E-state index contributed by atoms with van der Waals surface area (Å²) in [5.74, 6) is 0.0355. The quantitative estimate of drug-likeness (QED) is 0.599. The second kappa shape index (κ2) is 7.44. The number of hydrogen-bond donors (Lipinski definition) is 0. The third-order valence-corrected chi connectivity index (χ3v) is 3.52. The smallest absolute Gasteiger partial charge is 0.246 e. The Morgan fingerprint density at radius 1 is 1.10 bits per heavy atom. The van der Waals surface area contributed by atoms with Gasteiger partial charge in [0.05, 0.1) is 0 Å². The van der Waals surface area contributed by atoms with Gasteiger partial charge in [0, 0.05) is 19.7 Å². The number of carbonyl (C=O) groups excluding carboxylic acids is 1. The van der Waals surface area contributed by atoms with Crippen molar-refractivity contribution in [2.24, 2.45) is 0 Å². The maximum absolute atomic E-state index is 11.9. The van der Waals surface area contributed by atoms with Crippen LogP contribution in [0.3, 0.4) is 0 Å². The van der Waals surface area contributed by atoms with E-state index in [-0.39, 0.29) is 5.91 Å². The zero-order chi connectivity index (χ0) is 15.1. The minimum atomic E-state index is 0.0355. The van der Waals surface area contributed by atoms with Crippen molar-refractivity contribution in [1.82, 2.24) is 4.90 Å². The van der Waals surface area contributed by atoms with Gasteiger partial charge in [-0.25, -0.2) is 0 Å². The van der Waals surface area contributed by atoms with Gasteiger partial charge < -0.3 is 4.90 Å². The lowest BCUT2D eigenvalue weighted by Crippen LogP contribution is -2.27. The number of fused-ring (bicyclic) bond motifs is 1. The predicted molar refractivity (Wildman–Crippen MR) is 89.2 cm³/mol. The molecule has 2 rings (SSSR count). The number of hydrogen-bond acceptors (Lipinski definition) is 1. The van der Waals surface area contributed by atoms with Crippen molar-refractivity contribution in [3.63, 3.8) is 0 Å². The fourth-order valence-electron chi connectivity index (χ4n) is 2.29. The average molecular weight is 279 g/mol. The highest BCUT2D eigenvalue weighted by molar-refractivity contribution is 5.88. The molecule has 0 aromatic heterocycles. The van der Waals surface area contributed by atoms with E-state index in [1.807, 2.05) is 32.2 Å². The lowest BCUT2D eigenvalue weighted by atomic mass is 10.0. The van der Waals surface area contributed by atoms with Crippen molar-refractivity contribution in [2.45, 2.75) is 13.3 Å². The van der Waals surface area contributed by atoms with Crippen LogP contribution in [-0.2, 0) is 11.2 Å². The van der Waals surface area contributed by atoms with Crippen molar-refractivity contribution >= 4 is 16.7 Å². The lowest BCUT2D eigenvalue weighted by Gasteiger charge is -2.15. The summed E-state index contributed by atoms with van der Waals surface area (Å²) in [5, 5.41) is 2.52. The third-order valence-electron chi connectivity index (χ3n) is 3.52. The maximum atomic E-state index is 11.9. The van der Waals surface area contributed by atoms with Crippen LogP contribution in [0.15, 0.2) is 66.8 Å². The Kier molecular flexibility index (Phi) is 5.33. The molecule has 0 fully saturated rings. The van der Waals surface area contributed by atoms with E-state index < -0.39 is 0 Å². The molecule has 2 aromatic carbocycles. The molecule has 0 heterocycles. The number of nitrogens with zero attached hydrogens (tertiary/aromatic N) is 1. The molecule has 0 saturated heterocycles. The zero-order valence-electron chi connectivity index (χ0n) is 12.6. The molecule has 0 N–H and O–H groups in total. The van der Waals surface area contributed by atoms with E-state index >= 15 is 0 Å². The number of carbonyl (C=O) groups is 1. The Morgan fingerprint density at radius 3 is 2.67 bits per heavy atom. The standard InChI is InChI=1S/C19H21NO/c1-3-4-5-13-19(21)20(2)15-14-17-11-8-10-16-9-6-7-12-18(16)17/h3-13H,14-15H2,1-2H3/b4-3+,13-5?. The van der Waals surface area contributed by atoms with Gasteiger partial charge in [0.15, 0.2) is 0 Å². The Morgan fingerprint density at radius 2 is 1.86 bits per heavy atom. The number of likely N-dealkylation sites (N-methyl/N-ethyl adjacent to an activating group) is 1. The first-order valence-electron chi connectivity index (χ1n) is 7.23. The first-order chi connectivity index (χ1) is 10.2. The maximum Gasteiger partial charge on any atom is 0.246 e. The van der Waals surface area contributed by atoms with E-state index in [1.165, 1.54) is 16.3 Å². The van der Waals surface area contributed by atoms with Crippen LogP contribution in [0, 0.1) is 0 Å². The number of allylic oxidation sites excluding steroid dienone is 3. The molecule has 2 heteroatoms. The molecule has 0 atom stereocenters. The van der Waals surface area contributed by atoms with Gasteiger partial charge in [-0.05, 0) is 29.7 Å². The molecule has 0 aliphatic rings. The van der Waals surface area contributed by atoms with Crippen molar-refractivity contribution < 1.29 is 4.79 Å². The van der Waals surface area contributed by atoms with Gasteiger partial charge in [0.1, 0.15) is 0 Å². The lowest BCUT2D eigenvalue weighted by molar-refractivity contribution is -0.124. The Labute approximate surface area is 126 Å². The molecule has 108 valence electrons. The molecule has 2 aromatic rings. The Hall–Kier alpha value is -2.35. The summed E-state index contributed by atoms with van der Waals surface area (Å²) in [6.07, 6.45) is 8.00. The van der Waals surface area contributed by atoms with E-state index in [0.29, 0.717) is 6.54 Å². The topological polar surface area (TPSA) is 20.3 Å². The molecule has 21 heavy (non-hydrogen) atoms. The summed E-state index contributed by atoms with van der Waals surface area (Å²) in [7, 11) is 1.84. The highest BCUT2D eigenvalue weighted by Gasteiger charge is 2.06. The summed E-state index contributed by atoms with van der Waals surface area (Å²) < 4.78 is 0. The molecule has 0 aliphatic heterocycles. The van der Waals surface area contributed by atoms with Gasteiger partial charge in [-0.1, -0.05) is 60.7 Å². The predicted octanol–water partition coefficient (Wildman–Crippen LogP) is 3.97. The average Bonchev–Trinajstić information content (AvgIpc) is 2.52. The van der Waals surface area contributed by atoms with Gasteiger partial charge in [-0.2, -0.15) is 0 Å². The minimum Gasteiger partial charge on any atom is -0.342 e. The Bertz CT molecular complexity index is 665.